The van der Waals surface area contributed by atoms with Crippen LogP contribution in [0.25, 0.3) is 0 Å². The highest BCUT2D eigenvalue weighted by molar-refractivity contribution is 5.79. The summed E-state index contributed by atoms with van der Waals surface area (Å²) in [6.07, 6.45) is 2.15. The Balaban J connectivity index is 1.70. The second kappa shape index (κ2) is 9.83. The fourth-order valence-electron chi connectivity index (χ4n) is 2.75. The van der Waals surface area contributed by atoms with Crippen molar-refractivity contribution in [3.8, 4) is 0 Å². The van der Waals surface area contributed by atoms with Gasteiger partial charge in [-0.25, -0.2) is 4.98 Å². The van der Waals surface area contributed by atoms with Gasteiger partial charge in [0, 0.05) is 51.9 Å². The summed E-state index contributed by atoms with van der Waals surface area (Å²) < 4.78 is 5.02. The third-order valence-corrected chi connectivity index (χ3v) is 4.02. The molecule has 2 rings (SSSR count). The van der Waals surface area contributed by atoms with Gasteiger partial charge in [0.1, 0.15) is 5.82 Å². The maximum Gasteiger partial charge on any atom is 0.224 e. The molecule has 1 aliphatic rings. The molecule has 1 fully saturated rings. The number of aromatic nitrogens is 1. The smallest absolute Gasteiger partial charge is 0.224 e. The number of anilines is 1. The molecular formula is C17H28N6O2. The number of carbonyl (C=O) groups excluding carboxylic acids is 1. The lowest BCUT2D eigenvalue weighted by Crippen LogP contribution is -2.49. The van der Waals surface area contributed by atoms with Gasteiger partial charge < -0.3 is 25.6 Å². The molecule has 1 aromatic heterocycles. The first kappa shape index (κ1) is 19.0. The number of carbonyl (C=O) groups is 1. The monoisotopic (exact) mass is 348 g/mol. The molecular weight excluding hydrogens is 320 g/mol. The molecule has 0 aromatic carbocycles. The van der Waals surface area contributed by atoms with E-state index in [1.165, 1.54) is 0 Å². The predicted molar refractivity (Wildman–Crippen MR) is 98.6 cm³/mol. The second-order valence-corrected chi connectivity index (χ2v) is 6.07. The summed E-state index contributed by atoms with van der Waals surface area (Å²) in [5, 5.41) is 3.02. The molecule has 8 heteroatoms. The standard InChI is InChI=1S/C17H28N6O2/c1-14(13-25-2)21-17(18)20-8-6-16(24)23-11-9-22(10-12-23)15-5-3-4-7-19-15/h3-5,7,14H,6,8-13H2,1-2H3,(H3,18,20,21). The molecule has 0 spiro atoms. The summed E-state index contributed by atoms with van der Waals surface area (Å²) in [4.78, 5) is 24.9. The number of methoxy groups -OCH3 is 1. The van der Waals surface area contributed by atoms with Crippen molar-refractivity contribution in [3.05, 3.63) is 24.4 Å². The SMILES string of the molecule is COCC(C)NC(N)=NCCC(=O)N1CCN(c2ccccn2)CC1. The van der Waals surface area contributed by atoms with Crippen molar-refractivity contribution in [2.45, 2.75) is 19.4 Å². The molecule has 25 heavy (non-hydrogen) atoms. The van der Waals surface area contributed by atoms with Gasteiger partial charge in [0.2, 0.25) is 5.91 Å². The Hall–Kier alpha value is -2.35. The van der Waals surface area contributed by atoms with Crippen LogP contribution in [-0.2, 0) is 9.53 Å². The quantitative estimate of drug-likeness (QED) is 0.534. The summed E-state index contributed by atoms with van der Waals surface area (Å²) in [6, 6.07) is 5.96. The zero-order valence-corrected chi connectivity index (χ0v) is 15.0. The van der Waals surface area contributed by atoms with E-state index in [1.807, 2.05) is 30.0 Å². The summed E-state index contributed by atoms with van der Waals surface area (Å²) in [6.45, 7) is 5.90. The molecule has 1 aliphatic heterocycles. The Morgan fingerprint density at radius 3 is 2.80 bits per heavy atom. The minimum atomic E-state index is 0.0872. The predicted octanol–water partition coefficient (Wildman–Crippen LogP) is 0.0595. The largest absolute Gasteiger partial charge is 0.383 e. The normalized spacial score (nSPS) is 16.6. The zero-order chi connectivity index (χ0) is 18.1. The van der Waals surface area contributed by atoms with E-state index in [2.05, 4.69) is 20.2 Å². The molecule has 1 amide bonds. The van der Waals surface area contributed by atoms with E-state index < -0.39 is 0 Å². The number of nitrogens with two attached hydrogens (primary N) is 1. The molecule has 2 heterocycles. The summed E-state index contributed by atoms with van der Waals surface area (Å²) in [7, 11) is 1.64. The lowest BCUT2D eigenvalue weighted by Gasteiger charge is -2.35. The minimum Gasteiger partial charge on any atom is -0.383 e. The number of piperazine rings is 1. The van der Waals surface area contributed by atoms with E-state index in [4.69, 9.17) is 10.5 Å². The number of aliphatic imine (C=N–C) groups is 1. The molecule has 3 N–H and O–H groups in total. The van der Waals surface area contributed by atoms with Crippen molar-refractivity contribution in [1.82, 2.24) is 15.2 Å². The summed E-state index contributed by atoms with van der Waals surface area (Å²) >= 11 is 0. The number of pyridine rings is 1. The van der Waals surface area contributed by atoms with Gasteiger partial charge in [-0.05, 0) is 19.1 Å². The summed E-state index contributed by atoms with van der Waals surface area (Å²) in [5.74, 6) is 1.42. The van der Waals surface area contributed by atoms with Crippen LogP contribution in [-0.4, -0.2) is 74.2 Å². The molecule has 1 atom stereocenters. The van der Waals surface area contributed by atoms with Crippen LogP contribution < -0.4 is 16.0 Å². The lowest BCUT2D eigenvalue weighted by molar-refractivity contribution is -0.131. The molecule has 0 radical (unpaired) electrons. The van der Waals surface area contributed by atoms with E-state index >= 15 is 0 Å². The molecule has 8 nitrogen and oxygen atoms in total. The molecule has 1 unspecified atom stereocenters. The maximum absolute atomic E-state index is 12.3. The van der Waals surface area contributed by atoms with Crippen LogP contribution >= 0.6 is 0 Å². The van der Waals surface area contributed by atoms with Crippen molar-refractivity contribution in [3.63, 3.8) is 0 Å². The van der Waals surface area contributed by atoms with Crippen LogP contribution in [0, 0.1) is 0 Å². The molecule has 138 valence electrons. The minimum absolute atomic E-state index is 0.0872. The van der Waals surface area contributed by atoms with Gasteiger partial charge in [-0.1, -0.05) is 6.07 Å². The van der Waals surface area contributed by atoms with E-state index in [1.54, 1.807) is 13.3 Å². The van der Waals surface area contributed by atoms with Crippen molar-refractivity contribution in [1.29, 1.82) is 0 Å². The molecule has 0 aliphatic carbocycles. The van der Waals surface area contributed by atoms with Crippen LogP contribution in [0.15, 0.2) is 29.4 Å². The highest BCUT2D eigenvalue weighted by atomic mass is 16.5. The Morgan fingerprint density at radius 2 is 2.16 bits per heavy atom. The first-order chi connectivity index (χ1) is 12.1. The number of nitrogens with zero attached hydrogens (tertiary/aromatic N) is 4. The molecule has 0 bridgehead atoms. The Labute approximate surface area is 149 Å². The average molecular weight is 348 g/mol. The average Bonchev–Trinajstić information content (AvgIpc) is 2.62. The van der Waals surface area contributed by atoms with Crippen molar-refractivity contribution in [2.24, 2.45) is 10.7 Å². The fourth-order valence-corrected chi connectivity index (χ4v) is 2.75. The molecule has 1 saturated heterocycles. The number of hydrogen-bond acceptors (Lipinski definition) is 5. The van der Waals surface area contributed by atoms with Crippen LogP contribution in [0.3, 0.4) is 0 Å². The Bertz CT molecular complexity index is 558. The Morgan fingerprint density at radius 1 is 1.40 bits per heavy atom. The van der Waals surface area contributed by atoms with Crippen molar-refractivity contribution < 1.29 is 9.53 Å². The number of guanidine groups is 1. The van der Waals surface area contributed by atoms with E-state index in [-0.39, 0.29) is 11.9 Å². The van der Waals surface area contributed by atoms with E-state index in [0.717, 1.165) is 18.9 Å². The molecule has 0 saturated carbocycles. The van der Waals surface area contributed by atoms with Crippen molar-refractivity contribution >= 4 is 17.7 Å². The number of nitrogens with one attached hydrogen (secondary N) is 1. The van der Waals surface area contributed by atoms with Gasteiger partial charge in [0.25, 0.3) is 0 Å². The van der Waals surface area contributed by atoms with Gasteiger partial charge >= 0.3 is 0 Å². The fraction of sp³-hybridized carbons (Fsp3) is 0.588. The van der Waals surface area contributed by atoms with Gasteiger partial charge in [0.15, 0.2) is 5.96 Å². The highest BCUT2D eigenvalue weighted by Crippen LogP contribution is 2.12. The molecule has 1 aromatic rings. The lowest BCUT2D eigenvalue weighted by atomic mass is 10.2. The third kappa shape index (κ3) is 6.22. The summed E-state index contributed by atoms with van der Waals surface area (Å²) in [5.41, 5.74) is 5.80. The van der Waals surface area contributed by atoms with Crippen LogP contribution in [0.4, 0.5) is 5.82 Å². The maximum atomic E-state index is 12.3. The third-order valence-electron chi connectivity index (χ3n) is 4.02. The number of rotatable bonds is 7. The van der Waals surface area contributed by atoms with Gasteiger partial charge in [-0.15, -0.1) is 0 Å². The van der Waals surface area contributed by atoms with Gasteiger partial charge in [-0.3, -0.25) is 9.79 Å². The number of ether oxygens (including phenoxy) is 1. The first-order valence-corrected chi connectivity index (χ1v) is 8.59. The highest BCUT2D eigenvalue weighted by Gasteiger charge is 2.21. The first-order valence-electron chi connectivity index (χ1n) is 8.59. The van der Waals surface area contributed by atoms with Crippen LogP contribution in [0.1, 0.15) is 13.3 Å². The van der Waals surface area contributed by atoms with Crippen LogP contribution in [0.2, 0.25) is 0 Å². The van der Waals surface area contributed by atoms with Gasteiger partial charge in [0.05, 0.1) is 13.2 Å². The van der Waals surface area contributed by atoms with E-state index in [9.17, 15) is 4.79 Å². The number of hydrogen-bond donors (Lipinski definition) is 2. The van der Waals surface area contributed by atoms with E-state index in [0.29, 0.717) is 38.6 Å². The topological polar surface area (TPSA) is 96.1 Å². The second-order valence-electron chi connectivity index (χ2n) is 6.07. The number of amides is 1. The Kier molecular flexibility index (Phi) is 7.46. The van der Waals surface area contributed by atoms with Crippen LogP contribution in [0.5, 0.6) is 0 Å². The van der Waals surface area contributed by atoms with Crippen molar-refractivity contribution in [2.75, 3.05) is 51.3 Å². The van der Waals surface area contributed by atoms with Gasteiger partial charge in [-0.2, -0.15) is 0 Å². The zero-order valence-electron chi connectivity index (χ0n) is 15.0.